The maximum absolute atomic E-state index is 6.17. The Labute approximate surface area is 144 Å². The van der Waals surface area contributed by atoms with E-state index >= 15 is 0 Å². The van der Waals surface area contributed by atoms with Crippen molar-refractivity contribution in [3.05, 3.63) is 29.8 Å². The van der Waals surface area contributed by atoms with Crippen LogP contribution in [0.25, 0.3) is 0 Å². The average Bonchev–Trinajstić information content (AvgIpc) is 2.61. The molecule has 5 heteroatoms. The molecule has 0 bridgehead atoms. The van der Waals surface area contributed by atoms with Gasteiger partial charge in [-0.25, -0.2) is 4.99 Å². The number of hydrogen-bond donors (Lipinski definition) is 1. The molecule has 0 radical (unpaired) electrons. The quantitative estimate of drug-likeness (QED) is 0.683. The molecule has 2 saturated heterocycles. The van der Waals surface area contributed by atoms with Crippen LogP contribution in [0.15, 0.2) is 29.3 Å². The highest BCUT2D eigenvalue weighted by molar-refractivity contribution is 7.99. The number of anilines is 1. The third kappa shape index (κ3) is 4.56. The molecule has 1 aromatic carbocycles. The van der Waals surface area contributed by atoms with Crippen molar-refractivity contribution in [2.24, 2.45) is 16.6 Å². The van der Waals surface area contributed by atoms with E-state index in [9.17, 15) is 0 Å². The summed E-state index contributed by atoms with van der Waals surface area (Å²) >= 11 is 2.04. The van der Waals surface area contributed by atoms with Crippen LogP contribution < -0.4 is 10.6 Å². The van der Waals surface area contributed by atoms with Crippen LogP contribution in [-0.2, 0) is 6.54 Å². The van der Waals surface area contributed by atoms with Gasteiger partial charge < -0.3 is 15.5 Å². The minimum absolute atomic E-state index is 0.673. The second-order valence-electron chi connectivity index (χ2n) is 6.63. The van der Waals surface area contributed by atoms with Crippen molar-refractivity contribution >= 4 is 23.4 Å². The molecule has 2 aliphatic rings. The zero-order chi connectivity index (χ0) is 16.1. The Hall–Kier alpha value is -1.36. The summed E-state index contributed by atoms with van der Waals surface area (Å²) in [4.78, 5) is 9.29. The molecule has 4 nitrogen and oxygen atoms in total. The summed E-state index contributed by atoms with van der Waals surface area (Å²) in [5, 5.41) is 0. The molecular weight excluding hydrogens is 304 g/mol. The Bertz CT molecular complexity index is 522. The fourth-order valence-corrected chi connectivity index (χ4v) is 4.21. The molecule has 23 heavy (non-hydrogen) atoms. The molecule has 1 atom stereocenters. The third-order valence-electron chi connectivity index (χ3n) is 4.72. The van der Waals surface area contributed by atoms with E-state index in [1.165, 1.54) is 35.6 Å². The summed E-state index contributed by atoms with van der Waals surface area (Å²) in [6.45, 7) is 7.36. The normalized spacial score (nSPS) is 23.2. The van der Waals surface area contributed by atoms with Crippen LogP contribution in [0.5, 0.6) is 0 Å². The number of thioether (sulfide) groups is 1. The number of hydrogen-bond acceptors (Lipinski definition) is 3. The molecule has 3 rings (SSSR count). The number of rotatable bonds is 3. The van der Waals surface area contributed by atoms with Crippen LogP contribution in [0.2, 0.25) is 0 Å². The van der Waals surface area contributed by atoms with E-state index in [1.54, 1.807) is 0 Å². The van der Waals surface area contributed by atoms with E-state index in [4.69, 9.17) is 5.73 Å². The van der Waals surface area contributed by atoms with E-state index in [0.717, 1.165) is 32.1 Å². The third-order valence-corrected chi connectivity index (χ3v) is 5.66. The second kappa shape index (κ2) is 7.95. The number of guanidine groups is 1. The first-order valence-electron chi connectivity index (χ1n) is 8.69. The summed E-state index contributed by atoms with van der Waals surface area (Å²) in [7, 11) is 0. The Morgan fingerprint density at radius 1 is 1.22 bits per heavy atom. The van der Waals surface area contributed by atoms with Gasteiger partial charge in [0.1, 0.15) is 0 Å². The highest BCUT2D eigenvalue weighted by atomic mass is 32.2. The molecule has 2 heterocycles. The van der Waals surface area contributed by atoms with Crippen molar-refractivity contribution < 1.29 is 0 Å². The lowest BCUT2D eigenvalue weighted by Crippen LogP contribution is -2.43. The molecule has 126 valence electrons. The predicted octanol–water partition coefficient (Wildman–Crippen LogP) is 2.79. The van der Waals surface area contributed by atoms with Gasteiger partial charge in [0.2, 0.25) is 0 Å². The van der Waals surface area contributed by atoms with Gasteiger partial charge in [-0.05, 0) is 36.5 Å². The Balaban J connectivity index is 1.56. The lowest BCUT2D eigenvalue weighted by molar-refractivity contribution is 0.270. The molecule has 0 amide bonds. The van der Waals surface area contributed by atoms with Gasteiger partial charge in [0.15, 0.2) is 5.96 Å². The molecule has 2 N–H and O–H groups in total. The molecule has 2 fully saturated rings. The van der Waals surface area contributed by atoms with Crippen LogP contribution in [0, 0.1) is 5.92 Å². The van der Waals surface area contributed by atoms with Gasteiger partial charge in [-0.2, -0.15) is 11.8 Å². The SMILES string of the molecule is CC1CCCN(C(N)=NCc2ccc(N3CCSCC3)cc2)C1. The van der Waals surface area contributed by atoms with Crippen LogP contribution in [0.4, 0.5) is 5.69 Å². The fourth-order valence-electron chi connectivity index (χ4n) is 3.30. The number of likely N-dealkylation sites (tertiary alicyclic amines) is 1. The standard InChI is InChI=1S/C18H28N4S/c1-15-3-2-8-22(14-15)18(19)20-13-16-4-6-17(7-5-16)21-9-11-23-12-10-21/h4-7,15H,2-3,8-14H2,1H3,(H2,19,20). The number of nitrogens with two attached hydrogens (primary N) is 1. The maximum Gasteiger partial charge on any atom is 0.191 e. The zero-order valence-corrected chi connectivity index (χ0v) is 14.9. The van der Waals surface area contributed by atoms with Gasteiger partial charge in [-0.1, -0.05) is 19.1 Å². The minimum atomic E-state index is 0.673. The monoisotopic (exact) mass is 332 g/mol. The number of benzene rings is 1. The van der Waals surface area contributed by atoms with Crippen LogP contribution in [0.1, 0.15) is 25.3 Å². The number of nitrogens with zero attached hydrogens (tertiary/aromatic N) is 3. The molecule has 0 aliphatic carbocycles. The van der Waals surface area contributed by atoms with Crippen molar-refractivity contribution in [3.8, 4) is 0 Å². The van der Waals surface area contributed by atoms with Gasteiger partial charge in [0.25, 0.3) is 0 Å². The van der Waals surface area contributed by atoms with Crippen molar-refractivity contribution in [1.82, 2.24) is 4.90 Å². The first-order valence-corrected chi connectivity index (χ1v) is 9.84. The van der Waals surface area contributed by atoms with Crippen LogP contribution in [-0.4, -0.2) is 48.5 Å². The topological polar surface area (TPSA) is 44.9 Å². The summed E-state index contributed by atoms with van der Waals surface area (Å²) in [5.74, 6) is 3.89. The number of aliphatic imine (C=N–C) groups is 1. The first kappa shape index (κ1) is 16.5. The van der Waals surface area contributed by atoms with E-state index in [-0.39, 0.29) is 0 Å². The molecular formula is C18H28N4S. The van der Waals surface area contributed by atoms with Crippen LogP contribution >= 0.6 is 11.8 Å². The lowest BCUT2D eigenvalue weighted by Gasteiger charge is -2.31. The Kier molecular flexibility index (Phi) is 5.70. The molecule has 0 spiro atoms. The number of piperidine rings is 1. The van der Waals surface area contributed by atoms with Crippen molar-refractivity contribution in [2.75, 3.05) is 42.6 Å². The highest BCUT2D eigenvalue weighted by Gasteiger charge is 2.17. The van der Waals surface area contributed by atoms with Gasteiger partial charge >= 0.3 is 0 Å². The van der Waals surface area contributed by atoms with E-state index < -0.39 is 0 Å². The summed E-state index contributed by atoms with van der Waals surface area (Å²) in [6.07, 6.45) is 2.53. The summed E-state index contributed by atoms with van der Waals surface area (Å²) in [5.41, 5.74) is 8.73. The first-order chi connectivity index (χ1) is 11.2. The fraction of sp³-hybridized carbons (Fsp3) is 0.611. The van der Waals surface area contributed by atoms with Crippen molar-refractivity contribution in [3.63, 3.8) is 0 Å². The molecule has 1 unspecified atom stereocenters. The maximum atomic E-state index is 6.17. The average molecular weight is 333 g/mol. The Morgan fingerprint density at radius 2 is 1.96 bits per heavy atom. The molecule has 0 aromatic heterocycles. The van der Waals surface area contributed by atoms with Crippen LogP contribution in [0.3, 0.4) is 0 Å². The van der Waals surface area contributed by atoms with E-state index in [1.807, 2.05) is 11.8 Å². The van der Waals surface area contributed by atoms with E-state index in [2.05, 4.69) is 46.0 Å². The van der Waals surface area contributed by atoms with Gasteiger partial charge in [-0.15, -0.1) is 0 Å². The van der Waals surface area contributed by atoms with Gasteiger partial charge in [0, 0.05) is 43.4 Å². The zero-order valence-electron chi connectivity index (χ0n) is 14.1. The molecule has 2 aliphatic heterocycles. The van der Waals surface area contributed by atoms with Gasteiger partial charge in [0.05, 0.1) is 6.54 Å². The van der Waals surface area contributed by atoms with Crippen molar-refractivity contribution in [2.45, 2.75) is 26.3 Å². The minimum Gasteiger partial charge on any atom is -0.370 e. The molecule has 1 aromatic rings. The van der Waals surface area contributed by atoms with Gasteiger partial charge in [-0.3, -0.25) is 0 Å². The second-order valence-corrected chi connectivity index (χ2v) is 7.86. The highest BCUT2D eigenvalue weighted by Crippen LogP contribution is 2.20. The summed E-state index contributed by atoms with van der Waals surface area (Å²) in [6, 6.07) is 8.82. The summed E-state index contributed by atoms with van der Waals surface area (Å²) < 4.78 is 0. The molecule has 0 saturated carbocycles. The Morgan fingerprint density at radius 3 is 2.65 bits per heavy atom. The lowest BCUT2D eigenvalue weighted by atomic mass is 10.0. The van der Waals surface area contributed by atoms with E-state index in [0.29, 0.717) is 12.5 Å². The predicted molar refractivity (Wildman–Crippen MR) is 101 cm³/mol. The largest absolute Gasteiger partial charge is 0.370 e. The van der Waals surface area contributed by atoms with Crippen molar-refractivity contribution in [1.29, 1.82) is 0 Å². The smallest absolute Gasteiger partial charge is 0.191 e.